The minimum atomic E-state index is -0.633. The van der Waals surface area contributed by atoms with Crippen LogP contribution in [0.25, 0.3) is 10.8 Å². The van der Waals surface area contributed by atoms with Crippen LogP contribution >= 0.6 is 27.3 Å². The molecule has 3 rings (SSSR count). The van der Waals surface area contributed by atoms with Gasteiger partial charge in [0.15, 0.2) is 0 Å². The van der Waals surface area contributed by atoms with Gasteiger partial charge in [0.05, 0.1) is 3.79 Å². The highest BCUT2D eigenvalue weighted by atomic mass is 79.9. The quantitative estimate of drug-likeness (QED) is 0.770. The number of hydrogen-bond donors (Lipinski definition) is 1. The molecule has 0 amide bonds. The maximum absolute atomic E-state index is 10.4. The summed E-state index contributed by atoms with van der Waals surface area (Å²) < 4.78 is 1.02. The van der Waals surface area contributed by atoms with Crippen LogP contribution in [-0.2, 0) is 0 Å². The van der Waals surface area contributed by atoms with Crippen molar-refractivity contribution in [2.45, 2.75) is 6.10 Å². The number of fused-ring (bicyclic) bond motifs is 1. The Labute approximate surface area is 117 Å². The van der Waals surface area contributed by atoms with Crippen molar-refractivity contribution in [1.29, 1.82) is 0 Å². The number of aromatic nitrogens is 1. The van der Waals surface area contributed by atoms with Gasteiger partial charge in [0.1, 0.15) is 6.10 Å². The van der Waals surface area contributed by atoms with Gasteiger partial charge < -0.3 is 5.11 Å². The van der Waals surface area contributed by atoms with Crippen LogP contribution in [0.3, 0.4) is 0 Å². The Morgan fingerprint density at radius 2 is 2.06 bits per heavy atom. The van der Waals surface area contributed by atoms with Crippen LogP contribution in [0.4, 0.5) is 0 Å². The maximum atomic E-state index is 10.4. The monoisotopic (exact) mass is 319 g/mol. The van der Waals surface area contributed by atoms with Crippen molar-refractivity contribution in [2.24, 2.45) is 0 Å². The molecule has 18 heavy (non-hydrogen) atoms. The van der Waals surface area contributed by atoms with E-state index in [9.17, 15) is 5.11 Å². The normalized spacial score (nSPS) is 12.8. The third-order valence-electron chi connectivity index (χ3n) is 2.90. The molecule has 0 radical (unpaired) electrons. The van der Waals surface area contributed by atoms with E-state index in [1.165, 1.54) is 0 Å². The van der Waals surface area contributed by atoms with E-state index in [0.29, 0.717) is 0 Å². The van der Waals surface area contributed by atoms with E-state index >= 15 is 0 Å². The molecule has 0 aliphatic heterocycles. The van der Waals surface area contributed by atoms with Crippen LogP contribution < -0.4 is 0 Å². The first-order valence-corrected chi connectivity index (χ1v) is 7.17. The number of aliphatic hydroxyl groups is 1. The van der Waals surface area contributed by atoms with Crippen LogP contribution in [0, 0.1) is 0 Å². The Kier molecular flexibility index (Phi) is 3.16. The summed E-state index contributed by atoms with van der Waals surface area (Å²) in [5, 5.41) is 14.5. The fraction of sp³-hybridized carbons (Fsp3) is 0.0714. The van der Waals surface area contributed by atoms with Gasteiger partial charge in [0.25, 0.3) is 0 Å². The van der Waals surface area contributed by atoms with Gasteiger partial charge in [0.2, 0.25) is 0 Å². The number of benzene rings is 1. The van der Waals surface area contributed by atoms with Crippen molar-refractivity contribution < 1.29 is 5.11 Å². The number of halogens is 1. The molecule has 0 saturated heterocycles. The Balaban J connectivity index is 2.14. The lowest BCUT2D eigenvalue weighted by Gasteiger charge is -2.11. The van der Waals surface area contributed by atoms with E-state index in [0.717, 1.165) is 25.7 Å². The molecule has 1 aromatic carbocycles. The maximum Gasteiger partial charge on any atom is 0.107 e. The fourth-order valence-electron chi connectivity index (χ4n) is 2.00. The minimum Gasteiger partial charge on any atom is -0.384 e. The van der Waals surface area contributed by atoms with E-state index < -0.39 is 6.10 Å². The van der Waals surface area contributed by atoms with Gasteiger partial charge in [-0.1, -0.05) is 24.3 Å². The fourth-order valence-corrected chi connectivity index (χ4v) is 3.20. The first-order valence-electron chi connectivity index (χ1n) is 5.50. The summed E-state index contributed by atoms with van der Waals surface area (Å²) in [6.45, 7) is 0. The topological polar surface area (TPSA) is 33.1 Å². The molecule has 0 fully saturated rings. The van der Waals surface area contributed by atoms with Crippen LogP contribution in [0.15, 0.2) is 51.9 Å². The second-order valence-electron chi connectivity index (χ2n) is 4.04. The number of nitrogens with zero attached hydrogens (tertiary/aromatic N) is 1. The zero-order valence-electron chi connectivity index (χ0n) is 9.38. The second kappa shape index (κ2) is 4.80. The molecule has 2 nitrogen and oxygen atoms in total. The van der Waals surface area contributed by atoms with Crippen molar-refractivity contribution in [2.75, 3.05) is 0 Å². The standard InChI is InChI=1S/C14H10BrNOS/c15-13-5-10(8-18-13)14(17)12-7-16-6-9-3-1-2-4-11(9)12/h1-8,14,17H. The van der Waals surface area contributed by atoms with Crippen LogP contribution in [-0.4, -0.2) is 10.1 Å². The molecular formula is C14H10BrNOS. The molecule has 0 aliphatic carbocycles. The molecule has 1 unspecified atom stereocenters. The van der Waals surface area contributed by atoms with Gasteiger partial charge in [-0.15, -0.1) is 11.3 Å². The average molecular weight is 320 g/mol. The van der Waals surface area contributed by atoms with Gasteiger partial charge in [-0.3, -0.25) is 4.98 Å². The molecule has 2 aromatic heterocycles. The number of pyridine rings is 1. The highest BCUT2D eigenvalue weighted by Gasteiger charge is 2.15. The first-order chi connectivity index (χ1) is 8.75. The predicted octanol–water partition coefficient (Wildman–Crippen LogP) is 4.14. The smallest absolute Gasteiger partial charge is 0.107 e. The third-order valence-corrected chi connectivity index (χ3v) is 4.42. The first kappa shape index (κ1) is 11.8. The molecule has 2 heterocycles. The Hall–Kier alpha value is -1.23. The summed E-state index contributed by atoms with van der Waals surface area (Å²) in [7, 11) is 0. The highest BCUT2D eigenvalue weighted by Crippen LogP contribution is 2.32. The summed E-state index contributed by atoms with van der Waals surface area (Å²) in [5.41, 5.74) is 1.74. The van der Waals surface area contributed by atoms with Crippen LogP contribution in [0.5, 0.6) is 0 Å². The van der Waals surface area contributed by atoms with Gasteiger partial charge >= 0.3 is 0 Å². The number of rotatable bonds is 2. The van der Waals surface area contributed by atoms with E-state index in [1.807, 2.05) is 41.9 Å². The zero-order chi connectivity index (χ0) is 12.5. The number of thiophene rings is 1. The SMILES string of the molecule is OC(c1csc(Br)c1)c1cncc2ccccc12. The van der Waals surface area contributed by atoms with Crippen molar-refractivity contribution >= 4 is 38.0 Å². The summed E-state index contributed by atoms with van der Waals surface area (Å²) in [6.07, 6.45) is 2.92. The molecule has 0 spiro atoms. The summed E-state index contributed by atoms with van der Waals surface area (Å²) in [6, 6.07) is 9.90. The van der Waals surface area contributed by atoms with Crippen LogP contribution in [0.1, 0.15) is 17.2 Å². The van der Waals surface area contributed by atoms with Gasteiger partial charge in [-0.25, -0.2) is 0 Å². The van der Waals surface area contributed by atoms with E-state index in [1.54, 1.807) is 17.5 Å². The predicted molar refractivity (Wildman–Crippen MR) is 77.8 cm³/mol. The Bertz CT molecular complexity index is 690. The lowest BCUT2D eigenvalue weighted by molar-refractivity contribution is 0.222. The molecule has 0 saturated carbocycles. The summed E-state index contributed by atoms with van der Waals surface area (Å²) in [4.78, 5) is 4.20. The van der Waals surface area contributed by atoms with E-state index in [2.05, 4.69) is 20.9 Å². The lowest BCUT2D eigenvalue weighted by Crippen LogP contribution is -1.99. The molecule has 90 valence electrons. The minimum absolute atomic E-state index is 0.633. The van der Waals surface area contributed by atoms with Gasteiger partial charge in [-0.05, 0) is 38.3 Å². The van der Waals surface area contributed by atoms with Gasteiger partial charge in [0, 0.05) is 23.3 Å². The largest absolute Gasteiger partial charge is 0.384 e. The zero-order valence-corrected chi connectivity index (χ0v) is 11.8. The molecular weight excluding hydrogens is 310 g/mol. The van der Waals surface area contributed by atoms with Crippen molar-refractivity contribution in [3.8, 4) is 0 Å². The molecule has 3 aromatic rings. The van der Waals surface area contributed by atoms with Crippen molar-refractivity contribution in [1.82, 2.24) is 4.98 Å². The van der Waals surface area contributed by atoms with Crippen LogP contribution in [0.2, 0.25) is 0 Å². The molecule has 1 atom stereocenters. The Morgan fingerprint density at radius 3 is 2.83 bits per heavy atom. The third kappa shape index (κ3) is 2.07. The average Bonchev–Trinajstić information content (AvgIpc) is 2.84. The molecule has 1 N–H and O–H groups in total. The van der Waals surface area contributed by atoms with Crippen molar-refractivity contribution in [3.63, 3.8) is 0 Å². The van der Waals surface area contributed by atoms with Gasteiger partial charge in [-0.2, -0.15) is 0 Å². The lowest BCUT2D eigenvalue weighted by atomic mass is 10.0. The Morgan fingerprint density at radius 1 is 1.22 bits per heavy atom. The number of aliphatic hydroxyl groups excluding tert-OH is 1. The van der Waals surface area contributed by atoms with E-state index in [4.69, 9.17) is 0 Å². The second-order valence-corrected chi connectivity index (χ2v) is 6.33. The summed E-state index contributed by atoms with van der Waals surface area (Å²) in [5.74, 6) is 0. The van der Waals surface area contributed by atoms with Crippen molar-refractivity contribution in [3.05, 3.63) is 63.0 Å². The molecule has 4 heteroatoms. The molecule has 0 aliphatic rings. The highest BCUT2D eigenvalue weighted by molar-refractivity contribution is 9.11. The molecule has 0 bridgehead atoms. The summed E-state index contributed by atoms with van der Waals surface area (Å²) >= 11 is 4.98. The number of hydrogen-bond acceptors (Lipinski definition) is 3. The van der Waals surface area contributed by atoms with E-state index in [-0.39, 0.29) is 0 Å².